The first-order valence-electron chi connectivity index (χ1n) is 19.2. The minimum absolute atomic E-state index is 0.0681. The molecule has 0 aromatic heterocycles. The third-order valence-electron chi connectivity index (χ3n) is 8.14. The van der Waals surface area contributed by atoms with Crippen LogP contribution in [0.25, 0.3) is 0 Å². The number of hydrogen-bond acceptors (Lipinski definition) is 5. The summed E-state index contributed by atoms with van der Waals surface area (Å²) in [6.07, 6.45) is 46.0. The first kappa shape index (κ1) is 43.9. The molecule has 0 aromatic rings. The number of hydrogen-bond donors (Lipinski definition) is 1. The number of aliphatic hydroxyl groups excluding tert-OH is 1. The number of rotatable bonds is 34. The highest BCUT2D eigenvalue weighted by Gasteiger charge is 2.16. The average molecular weight is 645 g/mol. The Morgan fingerprint density at radius 1 is 0.522 bits per heavy atom. The Morgan fingerprint density at radius 2 is 0.935 bits per heavy atom. The zero-order valence-electron chi connectivity index (χ0n) is 30.1. The highest BCUT2D eigenvalue weighted by atomic mass is 16.6. The molecule has 0 bridgehead atoms. The van der Waals surface area contributed by atoms with E-state index in [1.807, 2.05) is 0 Å². The van der Waals surface area contributed by atoms with Gasteiger partial charge in [-0.25, -0.2) is 0 Å². The van der Waals surface area contributed by atoms with Gasteiger partial charge in [0.1, 0.15) is 6.61 Å². The highest BCUT2D eigenvalue weighted by Crippen LogP contribution is 2.13. The lowest BCUT2D eigenvalue weighted by Gasteiger charge is -2.15. The van der Waals surface area contributed by atoms with Gasteiger partial charge < -0.3 is 14.6 Å². The first-order valence-corrected chi connectivity index (χ1v) is 19.2. The van der Waals surface area contributed by atoms with Crippen molar-refractivity contribution in [1.82, 2.24) is 0 Å². The smallest absolute Gasteiger partial charge is 0.306 e. The van der Waals surface area contributed by atoms with Gasteiger partial charge >= 0.3 is 11.9 Å². The van der Waals surface area contributed by atoms with E-state index in [-0.39, 0.29) is 25.2 Å². The van der Waals surface area contributed by atoms with Gasteiger partial charge in [0.15, 0.2) is 6.10 Å². The number of allylic oxidation sites excluding steroid dienone is 8. The number of esters is 2. The second kappa shape index (κ2) is 37.3. The lowest BCUT2D eigenvalue weighted by Crippen LogP contribution is -2.28. The molecular weight excluding hydrogens is 572 g/mol. The van der Waals surface area contributed by atoms with Crippen LogP contribution in [0.2, 0.25) is 0 Å². The summed E-state index contributed by atoms with van der Waals surface area (Å²) in [5.41, 5.74) is 0. The van der Waals surface area contributed by atoms with Crippen molar-refractivity contribution in [3.8, 4) is 0 Å². The minimum atomic E-state index is -0.773. The zero-order valence-corrected chi connectivity index (χ0v) is 30.1. The zero-order chi connectivity index (χ0) is 33.6. The molecule has 0 saturated carbocycles. The predicted molar refractivity (Wildman–Crippen MR) is 196 cm³/mol. The van der Waals surface area contributed by atoms with Crippen LogP contribution in [0.3, 0.4) is 0 Å². The Balaban J connectivity index is 3.57. The van der Waals surface area contributed by atoms with E-state index in [1.54, 1.807) is 0 Å². The molecule has 5 nitrogen and oxygen atoms in total. The Kier molecular flexibility index (Phi) is 35.6. The van der Waals surface area contributed by atoms with E-state index in [0.29, 0.717) is 12.8 Å². The van der Waals surface area contributed by atoms with Gasteiger partial charge in [-0.15, -0.1) is 0 Å². The van der Waals surface area contributed by atoms with Crippen molar-refractivity contribution in [2.24, 2.45) is 0 Å². The van der Waals surface area contributed by atoms with E-state index in [1.165, 1.54) is 83.5 Å². The van der Waals surface area contributed by atoms with Crippen molar-refractivity contribution in [3.05, 3.63) is 48.6 Å². The van der Waals surface area contributed by atoms with E-state index in [4.69, 9.17) is 9.47 Å². The van der Waals surface area contributed by atoms with Gasteiger partial charge in [0.25, 0.3) is 0 Å². The molecule has 46 heavy (non-hydrogen) atoms. The topological polar surface area (TPSA) is 72.8 Å². The predicted octanol–water partition coefficient (Wildman–Crippen LogP) is 11.8. The fourth-order valence-corrected chi connectivity index (χ4v) is 5.25. The van der Waals surface area contributed by atoms with Crippen LogP contribution in [0.15, 0.2) is 48.6 Å². The minimum Gasteiger partial charge on any atom is -0.462 e. The third-order valence-corrected chi connectivity index (χ3v) is 8.14. The molecule has 0 fully saturated rings. The molecule has 0 amide bonds. The monoisotopic (exact) mass is 645 g/mol. The summed E-state index contributed by atoms with van der Waals surface area (Å²) in [4.78, 5) is 24.2. The van der Waals surface area contributed by atoms with Crippen LogP contribution in [0.1, 0.15) is 181 Å². The summed E-state index contributed by atoms with van der Waals surface area (Å²) < 4.78 is 10.6. The Bertz CT molecular complexity index is 782. The highest BCUT2D eigenvalue weighted by molar-refractivity contribution is 5.70. The Morgan fingerprint density at radius 3 is 1.41 bits per heavy atom. The van der Waals surface area contributed by atoms with Gasteiger partial charge in [0.2, 0.25) is 0 Å². The molecule has 1 unspecified atom stereocenters. The lowest BCUT2D eigenvalue weighted by atomic mass is 10.1. The maximum absolute atomic E-state index is 12.2. The van der Waals surface area contributed by atoms with Gasteiger partial charge in [-0.3, -0.25) is 9.59 Å². The summed E-state index contributed by atoms with van der Waals surface area (Å²) in [5, 5.41) is 9.53. The lowest BCUT2D eigenvalue weighted by molar-refractivity contribution is -0.161. The Labute approximate surface area is 284 Å². The third kappa shape index (κ3) is 34.7. The van der Waals surface area contributed by atoms with Crippen LogP contribution in [-0.4, -0.2) is 36.4 Å². The van der Waals surface area contributed by atoms with E-state index in [2.05, 4.69) is 62.5 Å². The normalized spacial score (nSPS) is 12.7. The van der Waals surface area contributed by atoms with Crippen molar-refractivity contribution in [1.29, 1.82) is 0 Å². The average Bonchev–Trinajstić information content (AvgIpc) is 3.06. The van der Waals surface area contributed by atoms with E-state index in [0.717, 1.165) is 70.6 Å². The van der Waals surface area contributed by atoms with Crippen LogP contribution in [-0.2, 0) is 19.1 Å². The molecule has 5 heteroatoms. The second-order valence-electron chi connectivity index (χ2n) is 12.6. The van der Waals surface area contributed by atoms with Crippen molar-refractivity contribution in [2.75, 3.05) is 13.2 Å². The van der Waals surface area contributed by atoms with Crippen molar-refractivity contribution in [2.45, 2.75) is 187 Å². The van der Waals surface area contributed by atoms with Crippen molar-refractivity contribution < 1.29 is 24.2 Å². The summed E-state index contributed by atoms with van der Waals surface area (Å²) in [6, 6.07) is 0. The fourth-order valence-electron chi connectivity index (χ4n) is 5.25. The van der Waals surface area contributed by atoms with Gasteiger partial charge in [0, 0.05) is 12.8 Å². The number of carbonyl (C=O) groups is 2. The van der Waals surface area contributed by atoms with E-state index >= 15 is 0 Å². The molecule has 0 spiro atoms. The fraction of sp³-hybridized carbons (Fsp3) is 0.756. The molecule has 0 rings (SSSR count). The number of aliphatic hydroxyl groups is 1. The maximum Gasteiger partial charge on any atom is 0.306 e. The molecule has 0 aliphatic heterocycles. The molecule has 0 radical (unpaired) electrons. The molecule has 0 aliphatic rings. The largest absolute Gasteiger partial charge is 0.462 e. The quantitative estimate of drug-likeness (QED) is 0.0429. The standard InChI is InChI=1S/C41H72O5/c1-3-5-7-9-11-13-15-16-17-18-19-20-21-22-23-24-26-28-30-32-34-36-41(44)46-39(37-42)38-45-40(43)35-33-31-29-27-25-14-12-10-8-6-4-2/h5,7,11,13,16-17,19-20,39,42H,3-4,6,8-10,12,14-15,18,21-38H2,1-2H3/b7-5-,13-11-,17-16-,20-19-. The first-order chi connectivity index (χ1) is 22.6. The molecule has 0 aromatic carbocycles. The summed E-state index contributed by atoms with van der Waals surface area (Å²) in [7, 11) is 0. The van der Waals surface area contributed by atoms with Crippen LogP contribution in [0.4, 0.5) is 0 Å². The van der Waals surface area contributed by atoms with Crippen LogP contribution >= 0.6 is 0 Å². The molecule has 1 atom stereocenters. The van der Waals surface area contributed by atoms with Crippen LogP contribution < -0.4 is 0 Å². The van der Waals surface area contributed by atoms with Crippen molar-refractivity contribution in [3.63, 3.8) is 0 Å². The molecule has 0 heterocycles. The number of unbranched alkanes of at least 4 members (excludes halogenated alkanes) is 18. The molecule has 1 N–H and O–H groups in total. The Hall–Kier alpha value is -2.14. The summed E-state index contributed by atoms with van der Waals surface area (Å²) >= 11 is 0. The molecular formula is C41H72O5. The summed E-state index contributed by atoms with van der Waals surface area (Å²) in [5.74, 6) is -0.600. The molecule has 266 valence electrons. The van der Waals surface area contributed by atoms with E-state index < -0.39 is 6.10 Å². The molecule has 0 aliphatic carbocycles. The van der Waals surface area contributed by atoms with Gasteiger partial charge in [-0.1, -0.05) is 165 Å². The number of carbonyl (C=O) groups excluding carboxylic acids is 2. The summed E-state index contributed by atoms with van der Waals surface area (Å²) in [6.45, 7) is 4.00. The van der Waals surface area contributed by atoms with Gasteiger partial charge in [-0.05, 0) is 51.4 Å². The van der Waals surface area contributed by atoms with Gasteiger partial charge in [0.05, 0.1) is 6.61 Å². The van der Waals surface area contributed by atoms with Crippen molar-refractivity contribution >= 4 is 11.9 Å². The van der Waals surface area contributed by atoms with Crippen LogP contribution in [0.5, 0.6) is 0 Å². The van der Waals surface area contributed by atoms with E-state index in [9.17, 15) is 14.7 Å². The van der Waals surface area contributed by atoms with Gasteiger partial charge in [-0.2, -0.15) is 0 Å². The second-order valence-corrected chi connectivity index (χ2v) is 12.6. The maximum atomic E-state index is 12.2. The van der Waals surface area contributed by atoms with Crippen LogP contribution in [0, 0.1) is 0 Å². The molecule has 0 saturated heterocycles. The number of ether oxygens (including phenoxy) is 2. The SMILES string of the molecule is CC/C=C\C/C=C\C/C=C\C/C=C\CCCCCCCCCCC(=O)OC(CO)COC(=O)CCCCCCCCCCCCC.